The number of aliphatic carboxylic acids is 1. The molecule has 0 radical (unpaired) electrons. The minimum Gasteiger partial charge on any atom is -0.481 e. The standard InChI is InChI=1S/C12H15N5O6/c13-10-7-11(15-3-14-10)17(4-16-7)12(1-6(19)20)9(22)8(21)5(2-18)23-12/h3-5,8-9,18,21-22H,1-2H2,(H,19,20)(H2,13,14,15)/t5-,8-,9-,12-/m1/s1. The van der Waals surface area contributed by atoms with Crippen molar-refractivity contribution < 1.29 is 30.0 Å². The molecule has 3 heterocycles. The van der Waals surface area contributed by atoms with Crippen LogP contribution in [0.15, 0.2) is 12.7 Å². The van der Waals surface area contributed by atoms with E-state index >= 15 is 0 Å². The van der Waals surface area contributed by atoms with Gasteiger partial charge in [-0.2, -0.15) is 0 Å². The number of nitrogens with two attached hydrogens (primary N) is 1. The van der Waals surface area contributed by atoms with E-state index in [1.54, 1.807) is 0 Å². The van der Waals surface area contributed by atoms with Gasteiger partial charge in [-0.05, 0) is 0 Å². The Morgan fingerprint density at radius 1 is 1.39 bits per heavy atom. The average molecular weight is 325 g/mol. The van der Waals surface area contributed by atoms with Crippen molar-refractivity contribution in [3.8, 4) is 0 Å². The van der Waals surface area contributed by atoms with Crippen LogP contribution in [0, 0.1) is 0 Å². The third-order valence-corrected chi connectivity index (χ3v) is 3.88. The molecule has 11 heteroatoms. The number of ether oxygens (including phenoxy) is 1. The van der Waals surface area contributed by atoms with Crippen LogP contribution in [-0.2, 0) is 15.3 Å². The van der Waals surface area contributed by atoms with E-state index in [1.165, 1.54) is 10.9 Å². The molecule has 0 aliphatic carbocycles. The number of aromatic nitrogens is 4. The fourth-order valence-corrected chi connectivity index (χ4v) is 2.79. The molecule has 0 spiro atoms. The summed E-state index contributed by atoms with van der Waals surface area (Å²) < 4.78 is 6.71. The van der Waals surface area contributed by atoms with Crippen molar-refractivity contribution in [1.29, 1.82) is 0 Å². The molecular weight excluding hydrogens is 310 g/mol. The zero-order valence-electron chi connectivity index (χ0n) is 11.8. The van der Waals surface area contributed by atoms with Gasteiger partial charge in [0.15, 0.2) is 17.2 Å². The molecule has 23 heavy (non-hydrogen) atoms. The molecule has 2 aromatic rings. The van der Waals surface area contributed by atoms with Gasteiger partial charge in [-0.1, -0.05) is 0 Å². The predicted molar refractivity (Wildman–Crippen MR) is 73.9 cm³/mol. The van der Waals surface area contributed by atoms with Crippen LogP contribution in [0.25, 0.3) is 11.2 Å². The smallest absolute Gasteiger partial charge is 0.308 e. The molecule has 1 fully saturated rings. The molecule has 0 amide bonds. The first kappa shape index (κ1) is 15.6. The van der Waals surface area contributed by atoms with E-state index in [0.29, 0.717) is 0 Å². The van der Waals surface area contributed by atoms with Gasteiger partial charge in [0, 0.05) is 0 Å². The van der Waals surface area contributed by atoms with Crippen molar-refractivity contribution in [1.82, 2.24) is 19.5 Å². The quantitative estimate of drug-likeness (QED) is 0.409. The van der Waals surface area contributed by atoms with E-state index in [1.807, 2.05) is 0 Å². The lowest BCUT2D eigenvalue weighted by atomic mass is 9.99. The number of aliphatic hydroxyl groups is 3. The molecule has 0 aromatic carbocycles. The third-order valence-electron chi connectivity index (χ3n) is 3.88. The first-order valence-electron chi connectivity index (χ1n) is 6.71. The highest BCUT2D eigenvalue weighted by Crippen LogP contribution is 2.40. The maximum absolute atomic E-state index is 11.3. The number of anilines is 1. The van der Waals surface area contributed by atoms with Crippen LogP contribution in [-0.4, -0.2) is 70.8 Å². The number of carboxylic acids is 1. The van der Waals surface area contributed by atoms with Crippen molar-refractivity contribution in [3.63, 3.8) is 0 Å². The Kier molecular flexibility index (Phi) is 3.64. The molecule has 0 unspecified atom stereocenters. The highest BCUT2D eigenvalue weighted by atomic mass is 16.6. The third kappa shape index (κ3) is 2.21. The largest absolute Gasteiger partial charge is 0.481 e. The van der Waals surface area contributed by atoms with E-state index in [4.69, 9.17) is 10.5 Å². The molecule has 4 atom stereocenters. The summed E-state index contributed by atoms with van der Waals surface area (Å²) in [5, 5.41) is 38.9. The van der Waals surface area contributed by atoms with Gasteiger partial charge >= 0.3 is 5.97 Å². The van der Waals surface area contributed by atoms with Gasteiger partial charge in [-0.15, -0.1) is 0 Å². The summed E-state index contributed by atoms with van der Waals surface area (Å²) in [6, 6.07) is 0. The summed E-state index contributed by atoms with van der Waals surface area (Å²) >= 11 is 0. The van der Waals surface area contributed by atoms with E-state index in [0.717, 1.165) is 6.33 Å². The van der Waals surface area contributed by atoms with E-state index < -0.39 is 43.0 Å². The Balaban J connectivity index is 2.20. The molecule has 3 rings (SSSR count). The first-order valence-corrected chi connectivity index (χ1v) is 6.71. The van der Waals surface area contributed by atoms with E-state index in [9.17, 15) is 25.2 Å². The SMILES string of the molecule is Nc1ncnc2c1ncn2[C@]1(CC(=O)O)O[C@H](CO)[C@@H](O)[C@H]1O. The van der Waals surface area contributed by atoms with Crippen LogP contribution in [0.2, 0.25) is 0 Å². The van der Waals surface area contributed by atoms with Gasteiger partial charge in [0.25, 0.3) is 0 Å². The molecule has 1 aliphatic heterocycles. The summed E-state index contributed by atoms with van der Waals surface area (Å²) in [6.45, 7) is -0.594. The van der Waals surface area contributed by atoms with E-state index in [-0.39, 0.29) is 17.0 Å². The lowest BCUT2D eigenvalue weighted by Crippen LogP contribution is -2.47. The Labute approximate surface area is 129 Å². The lowest BCUT2D eigenvalue weighted by molar-refractivity contribution is -0.171. The summed E-state index contributed by atoms with van der Waals surface area (Å²) in [6.07, 6.45) is -2.57. The number of nitrogens with zero attached hydrogens (tertiary/aromatic N) is 4. The van der Waals surface area contributed by atoms with Crippen LogP contribution in [0.4, 0.5) is 5.82 Å². The fourth-order valence-electron chi connectivity index (χ4n) is 2.79. The number of fused-ring (bicyclic) bond motifs is 1. The lowest BCUT2D eigenvalue weighted by Gasteiger charge is -2.32. The Morgan fingerprint density at radius 3 is 2.74 bits per heavy atom. The molecule has 0 bridgehead atoms. The number of carboxylic acid groups (broad SMARTS) is 1. The van der Waals surface area contributed by atoms with Crippen molar-refractivity contribution in [2.45, 2.75) is 30.5 Å². The van der Waals surface area contributed by atoms with Crippen LogP contribution in [0.3, 0.4) is 0 Å². The van der Waals surface area contributed by atoms with Gasteiger partial charge in [0.1, 0.15) is 30.2 Å². The highest BCUT2D eigenvalue weighted by Gasteiger charge is 2.57. The van der Waals surface area contributed by atoms with Gasteiger partial charge < -0.3 is 30.9 Å². The second kappa shape index (κ2) is 5.38. The van der Waals surface area contributed by atoms with E-state index in [2.05, 4.69) is 15.0 Å². The van der Waals surface area contributed by atoms with Crippen LogP contribution >= 0.6 is 0 Å². The number of hydrogen-bond donors (Lipinski definition) is 5. The van der Waals surface area contributed by atoms with Crippen LogP contribution in [0.1, 0.15) is 6.42 Å². The summed E-state index contributed by atoms with van der Waals surface area (Å²) in [7, 11) is 0. The maximum Gasteiger partial charge on any atom is 0.308 e. The van der Waals surface area contributed by atoms with Crippen molar-refractivity contribution >= 4 is 23.0 Å². The number of rotatable bonds is 4. The molecule has 6 N–H and O–H groups in total. The molecule has 0 saturated carbocycles. The van der Waals surface area contributed by atoms with Gasteiger partial charge in [0.2, 0.25) is 0 Å². The summed E-state index contributed by atoms with van der Waals surface area (Å²) in [5.41, 5.74) is 4.16. The molecular formula is C12H15N5O6. The topological polar surface area (TPSA) is 177 Å². The monoisotopic (exact) mass is 325 g/mol. The number of imidazole rings is 1. The normalized spacial score (nSPS) is 30.8. The minimum atomic E-state index is -1.88. The Morgan fingerprint density at radius 2 is 2.13 bits per heavy atom. The number of carbonyl (C=O) groups is 1. The number of aliphatic hydroxyl groups excluding tert-OH is 3. The molecule has 2 aromatic heterocycles. The predicted octanol–water partition coefficient (Wildman–Crippen LogP) is -2.35. The van der Waals surface area contributed by atoms with Gasteiger partial charge in [0.05, 0.1) is 19.4 Å². The van der Waals surface area contributed by atoms with Crippen molar-refractivity contribution in [3.05, 3.63) is 12.7 Å². The van der Waals surface area contributed by atoms with Crippen molar-refractivity contribution in [2.75, 3.05) is 12.3 Å². The number of nitrogen functional groups attached to an aromatic ring is 1. The second-order valence-corrected chi connectivity index (χ2v) is 5.24. The van der Waals surface area contributed by atoms with Gasteiger partial charge in [-0.25, -0.2) is 15.0 Å². The van der Waals surface area contributed by atoms with Gasteiger partial charge in [-0.3, -0.25) is 9.36 Å². The Bertz CT molecular complexity index is 751. The molecule has 1 saturated heterocycles. The minimum absolute atomic E-state index is 0.0750. The molecule has 1 aliphatic rings. The summed E-state index contributed by atoms with van der Waals surface area (Å²) in [5.74, 6) is -1.20. The van der Waals surface area contributed by atoms with Crippen LogP contribution < -0.4 is 5.73 Å². The highest BCUT2D eigenvalue weighted by molar-refractivity contribution is 5.81. The Hall–Kier alpha value is -2.34. The second-order valence-electron chi connectivity index (χ2n) is 5.24. The zero-order valence-corrected chi connectivity index (χ0v) is 11.8. The number of hydrogen-bond acceptors (Lipinski definition) is 9. The first-order chi connectivity index (χ1) is 10.9. The fraction of sp³-hybridized carbons (Fsp3) is 0.500. The van der Waals surface area contributed by atoms with Crippen molar-refractivity contribution in [2.24, 2.45) is 0 Å². The van der Waals surface area contributed by atoms with Crippen LogP contribution in [0.5, 0.6) is 0 Å². The molecule has 124 valence electrons. The summed E-state index contributed by atoms with van der Waals surface area (Å²) in [4.78, 5) is 23.1. The average Bonchev–Trinajstić information content (AvgIpc) is 3.04. The zero-order chi connectivity index (χ0) is 16.8. The maximum atomic E-state index is 11.3. The molecule has 11 nitrogen and oxygen atoms in total.